The van der Waals surface area contributed by atoms with Gasteiger partial charge in [-0.15, -0.1) is 11.3 Å². The number of ether oxygens (including phenoxy) is 2. The Balaban J connectivity index is 1.46. The Labute approximate surface area is 376 Å². The first-order valence-electron chi connectivity index (χ1n) is 22.9. The van der Waals surface area contributed by atoms with Gasteiger partial charge in [-0.25, -0.2) is 4.98 Å². The first-order chi connectivity index (χ1) is 29.6. The van der Waals surface area contributed by atoms with Crippen molar-refractivity contribution < 1.29 is 28.7 Å². The van der Waals surface area contributed by atoms with Crippen LogP contribution in [0.25, 0.3) is 0 Å². The minimum atomic E-state index is -0.768. The van der Waals surface area contributed by atoms with E-state index < -0.39 is 36.3 Å². The molecule has 0 unspecified atom stereocenters. The highest BCUT2D eigenvalue weighted by atomic mass is 32.1. The van der Waals surface area contributed by atoms with Crippen molar-refractivity contribution in [2.75, 3.05) is 74.1 Å². The number of likely N-dealkylation sites (tertiary alicyclic amines) is 1. The van der Waals surface area contributed by atoms with E-state index in [9.17, 15) is 19.2 Å². The third-order valence-corrected chi connectivity index (χ3v) is 14.1. The number of rotatable bonds is 24. The highest BCUT2D eigenvalue weighted by Gasteiger charge is 2.43. The molecule has 2 aromatic rings. The van der Waals surface area contributed by atoms with Gasteiger partial charge in [-0.3, -0.25) is 29.0 Å². The number of likely N-dealkylation sites (N-methyl/N-ethyl adjacent to an activating group) is 2. The molecule has 0 radical (unpaired) electrons. The van der Waals surface area contributed by atoms with Crippen molar-refractivity contribution in [2.45, 2.75) is 123 Å². The van der Waals surface area contributed by atoms with Gasteiger partial charge in [0, 0.05) is 78.7 Å². The summed E-state index contributed by atoms with van der Waals surface area (Å²) in [6, 6.07) is 7.80. The highest BCUT2D eigenvalue weighted by molar-refractivity contribution is 7.09. The molecule has 15 heteroatoms. The van der Waals surface area contributed by atoms with Gasteiger partial charge in [0.2, 0.25) is 23.6 Å². The van der Waals surface area contributed by atoms with Crippen molar-refractivity contribution in [2.24, 2.45) is 23.7 Å². The molecule has 0 spiro atoms. The summed E-state index contributed by atoms with van der Waals surface area (Å²) in [5.41, 5.74) is 1.09. The Bertz CT molecular complexity index is 1660. The molecule has 2 saturated heterocycles. The fourth-order valence-corrected chi connectivity index (χ4v) is 10.1. The van der Waals surface area contributed by atoms with Gasteiger partial charge in [0.25, 0.3) is 0 Å². The Morgan fingerprint density at radius 3 is 2.21 bits per heavy atom. The molecule has 1 aromatic heterocycles. The van der Waals surface area contributed by atoms with Crippen LogP contribution in [-0.2, 0) is 35.1 Å². The van der Waals surface area contributed by atoms with E-state index in [0.717, 1.165) is 62.7 Å². The molecule has 62 heavy (non-hydrogen) atoms. The van der Waals surface area contributed by atoms with Gasteiger partial charge in [0.15, 0.2) is 0 Å². The Hall–Kier alpha value is -3.47. The second-order valence-corrected chi connectivity index (χ2v) is 19.1. The summed E-state index contributed by atoms with van der Waals surface area (Å²) >= 11 is 1.51. The number of methoxy groups -OCH3 is 2. The van der Waals surface area contributed by atoms with Crippen LogP contribution in [0.15, 0.2) is 41.9 Å². The normalized spacial score (nSPS) is 20.0. The third kappa shape index (κ3) is 13.8. The van der Waals surface area contributed by atoms with Crippen LogP contribution in [0.5, 0.6) is 0 Å². The number of thiazole rings is 1. The van der Waals surface area contributed by atoms with Crippen LogP contribution in [0.2, 0.25) is 0 Å². The molecule has 348 valence electrons. The van der Waals surface area contributed by atoms with Crippen LogP contribution >= 0.6 is 11.3 Å². The number of piperazine rings is 1. The molecule has 3 N–H and O–H groups in total. The molecule has 0 aliphatic carbocycles. The molecule has 0 bridgehead atoms. The largest absolute Gasteiger partial charge is 0.379 e. The van der Waals surface area contributed by atoms with Gasteiger partial charge in [-0.05, 0) is 49.6 Å². The van der Waals surface area contributed by atoms with E-state index in [1.165, 1.54) is 11.3 Å². The molecule has 2 fully saturated rings. The number of hydrogen-bond donors (Lipinski definition) is 3. The summed E-state index contributed by atoms with van der Waals surface area (Å²) in [5.74, 6) is -1.36. The summed E-state index contributed by atoms with van der Waals surface area (Å²) in [6.07, 6.45) is 3.47. The topological polar surface area (TPSA) is 149 Å². The first-order valence-corrected chi connectivity index (χ1v) is 23.8. The van der Waals surface area contributed by atoms with Crippen LogP contribution in [-0.4, -0.2) is 159 Å². The summed E-state index contributed by atoms with van der Waals surface area (Å²) in [4.78, 5) is 69.7. The van der Waals surface area contributed by atoms with Crippen molar-refractivity contribution in [1.82, 2.24) is 40.5 Å². The second-order valence-electron chi connectivity index (χ2n) is 18.2. The Morgan fingerprint density at radius 1 is 0.935 bits per heavy atom. The van der Waals surface area contributed by atoms with Gasteiger partial charge in [-0.2, -0.15) is 0 Å². The number of hydrogen-bond acceptors (Lipinski definition) is 11. The zero-order valence-electron chi connectivity index (χ0n) is 39.5. The second kappa shape index (κ2) is 25.1. The molecule has 9 atom stereocenters. The molecule has 2 aliphatic heterocycles. The van der Waals surface area contributed by atoms with Crippen LogP contribution in [0, 0.1) is 23.7 Å². The van der Waals surface area contributed by atoms with Crippen LogP contribution in [0.4, 0.5) is 0 Å². The summed E-state index contributed by atoms with van der Waals surface area (Å²) in [6.45, 7) is 20.1. The van der Waals surface area contributed by atoms with E-state index in [2.05, 4.69) is 44.6 Å². The molecule has 14 nitrogen and oxygen atoms in total. The highest BCUT2D eigenvalue weighted by Crippen LogP contribution is 2.31. The van der Waals surface area contributed by atoms with Crippen molar-refractivity contribution in [1.29, 1.82) is 0 Å². The van der Waals surface area contributed by atoms with Gasteiger partial charge in [-0.1, -0.05) is 85.2 Å². The maximum atomic E-state index is 14.6. The molecule has 4 amide bonds. The standard InChI is InChI=1S/C47H78N8O6S/c1-12-33(6)42(53(9)47(59)40(31(2)3)51-45(58)41(32(4)5)52(8)26-27-54-24-20-48-21-25-54)38(60-10)30-39(56)55-23-16-19-37(55)43(61-11)34(7)44(57)50-36(46-49-22-28-62-46)29-35-17-14-13-15-18-35/h13-15,17-18,22,28,31-34,36-38,40-43,48H,12,16,19-21,23-27,29-30H2,1-11H3,(H,50,57)(H,51,58)/t33-,34+,36-,37-,38-,40-,41-,42-,43+/m0/s1. The maximum absolute atomic E-state index is 14.6. The molecular formula is C47H78N8O6S. The lowest BCUT2D eigenvalue weighted by Gasteiger charge is -2.41. The van der Waals surface area contributed by atoms with E-state index in [1.807, 2.05) is 82.3 Å². The van der Waals surface area contributed by atoms with Gasteiger partial charge in [0.1, 0.15) is 11.0 Å². The monoisotopic (exact) mass is 883 g/mol. The Morgan fingerprint density at radius 2 is 1.63 bits per heavy atom. The first kappa shape index (κ1) is 51.2. The zero-order chi connectivity index (χ0) is 45.5. The fourth-order valence-electron chi connectivity index (χ4n) is 9.42. The van der Waals surface area contributed by atoms with Crippen LogP contribution < -0.4 is 16.0 Å². The smallest absolute Gasteiger partial charge is 0.245 e. The minimum absolute atomic E-state index is 0.0174. The van der Waals surface area contributed by atoms with Gasteiger partial charge >= 0.3 is 0 Å². The van der Waals surface area contributed by atoms with E-state index in [-0.39, 0.29) is 59.9 Å². The number of benzene rings is 1. The van der Waals surface area contributed by atoms with Crippen molar-refractivity contribution >= 4 is 35.0 Å². The van der Waals surface area contributed by atoms with Gasteiger partial charge < -0.3 is 35.2 Å². The average Bonchev–Trinajstić information content (AvgIpc) is 3.99. The lowest BCUT2D eigenvalue weighted by molar-refractivity contribution is -0.148. The van der Waals surface area contributed by atoms with E-state index in [4.69, 9.17) is 9.47 Å². The van der Waals surface area contributed by atoms with Crippen LogP contribution in [0.3, 0.4) is 0 Å². The molecule has 1 aromatic carbocycles. The van der Waals surface area contributed by atoms with Crippen LogP contribution in [0.1, 0.15) is 90.8 Å². The predicted molar refractivity (Wildman–Crippen MR) is 247 cm³/mol. The fraction of sp³-hybridized carbons (Fsp3) is 0.723. The molecule has 0 saturated carbocycles. The molecular weight excluding hydrogens is 805 g/mol. The maximum Gasteiger partial charge on any atom is 0.245 e. The summed E-state index contributed by atoms with van der Waals surface area (Å²) in [7, 11) is 6.96. The molecule has 2 aliphatic rings. The third-order valence-electron chi connectivity index (χ3n) is 13.2. The zero-order valence-corrected chi connectivity index (χ0v) is 40.3. The SMILES string of the molecule is CC[C@H](C)[C@@H]([C@H](CC(=O)N1CCC[C@H]1[C@H](OC)[C@@H](C)C(=O)N[C@@H](Cc1ccccc1)c1nccs1)OC)N(C)C(=O)[C@@H](NC(=O)[C@H](C(C)C)N(C)CCN1CCNCC1)C(C)C. The van der Waals surface area contributed by atoms with Crippen molar-refractivity contribution in [3.8, 4) is 0 Å². The number of carbonyl (C=O) groups excluding carboxylic acids is 4. The molecule has 3 heterocycles. The number of amides is 4. The average molecular weight is 883 g/mol. The number of nitrogens with zero attached hydrogens (tertiary/aromatic N) is 5. The van der Waals surface area contributed by atoms with Gasteiger partial charge in [0.05, 0.1) is 48.7 Å². The van der Waals surface area contributed by atoms with Crippen molar-refractivity contribution in [3.05, 3.63) is 52.5 Å². The predicted octanol–water partition coefficient (Wildman–Crippen LogP) is 4.47. The quantitative estimate of drug-likeness (QED) is 0.138. The molecule has 4 rings (SSSR count). The van der Waals surface area contributed by atoms with E-state index >= 15 is 0 Å². The van der Waals surface area contributed by atoms with Crippen molar-refractivity contribution in [3.63, 3.8) is 0 Å². The van der Waals surface area contributed by atoms with E-state index in [1.54, 1.807) is 32.4 Å². The lowest BCUT2D eigenvalue weighted by Crippen LogP contribution is -2.60. The number of carbonyl (C=O) groups is 4. The summed E-state index contributed by atoms with van der Waals surface area (Å²) < 4.78 is 12.2. The summed E-state index contributed by atoms with van der Waals surface area (Å²) in [5, 5.41) is 12.5. The lowest BCUT2D eigenvalue weighted by atomic mass is 9.89. The Kier molecular flexibility index (Phi) is 20.7. The van der Waals surface area contributed by atoms with E-state index in [0.29, 0.717) is 19.4 Å². The minimum Gasteiger partial charge on any atom is -0.379 e. The number of aromatic nitrogens is 1. The number of nitrogens with one attached hydrogen (secondary N) is 3.